The first-order valence-electron chi connectivity index (χ1n) is 10.4. The van der Waals surface area contributed by atoms with E-state index in [-0.39, 0.29) is 24.3 Å². The molecule has 3 aromatic rings. The molecule has 0 aliphatic carbocycles. The zero-order valence-corrected chi connectivity index (χ0v) is 19.1. The van der Waals surface area contributed by atoms with Crippen LogP contribution in [0.4, 0.5) is 5.69 Å². The topological polar surface area (TPSA) is 67.4 Å². The molecule has 0 spiro atoms. The number of rotatable bonds is 7. The summed E-state index contributed by atoms with van der Waals surface area (Å²) >= 11 is 7.39. The molecule has 0 aromatic heterocycles. The maximum Gasteiger partial charge on any atom is 0.238 e. The molecule has 0 bridgehead atoms. The first-order chi connectivity index (χ1) is 15.5. The second-order valence-electron chi connectivity index (χ2n) is 7.35. The Labute approximate surface area is 196 Å². The third-order valence-electron chi connectivity index (χ3n) is 5.09. The predicted molar refractivity (Wildman–Crippen MR) is 128 cm³/mol. The number of hydrogen-bond donors (Lipinski definition) is 2. The van der Waals surface area contributed by atoms with E-state index in [2.05, 4.69) is 10.6 Å². The van der Waals surface area contributed by atoms with Crippen molar-refractivity contribution in [3.05, 3.63) is 88.9 Å². The van der Waals surface area contributed by atoms with Crippen molar-refractivity contribution in [2.75, 3.05) is 11.9 Å². The van der Waals surface area contributed by atoms with E-state index in [0.29, 0.717) is 17.3 Å². The number of thioether (sulfide) groups is 1. The maximum absolute atomic E-state index is 13.0. The molecular formula is C25H23ClN2O3S. The standard InChI is InChI=1S/C25H23ClN2O3S/c1-2-31-19-11-8-17(9-12-19)24(16-6-4-3-5-7-16)28-23(29)15-22-25(30)27-20-14-18(26)10-13-21(20)32-22/h3-14,22,24H,2,15H2,1H3,(H,27,30)(H,28,29). The van der Waals surface area contributed by atoms with Crippen LogP contribution in [0.15, 0.2) is 77.7 Å². The van der Waals surface area contributed by atoms with Gasteiger partial charge in [0.1, 0.15) is 5.75 Å². The van der Waals surface area contributed by atoms with E-state index >= 15 is 0 Å². The number of carbonyl (C=O) groups is 2. The van der Waals surface area contributed by atoms with Crippen LogP contribution in [0, 0.1) is 0 Å². The van der Waals surface area contributed by atoms with E-state index in [1.165, 1.54) is 11.8 Å². The lowest BCUT2D eigenvalue weighted by Crippen LogP contribution is -2.36. The van der Waals surface area contributed by atoms with E-state index in [1.54, 1.807) is 12.1 Å². The lowest BCUT2D eigenvalue weighted by atomic mass is 9.98. The van der Waals surface area contributed by atoms with Crippen LogP contribution in [0.3, 0.4) is 0 Å². The molecule has 0 fully saturated rings. The van der Waals surface area contributed by atoms with Crippen molar-refractivity contribution >= 4 is 40.9 Å². The minimum absolute atomic E-state index is 0.0684. The highest BCUT2D eigenvalue weighted by atomic mass is 35.5. The quantitative estimate of drug-likeness (QED) is 0.486. The van der Waals surface area contributed by atoms with Gasteiger partial charge in [-0.3, -0.25) is 9.59 Å². The number of nitrogens with one attached hydrogen (secondary N) is 2. The first kappa shape index (κ1) is 22.2. The molecule has 2 amide bonds. The molecule has 2 N–H and O–H groups in total. The first-order valence-corrected chi connectivity index (χ1v) is 11.6. The van der Waals surface area contributed by atoms with Gasteiger partial charge in [-0.2, -0.15) is 0 Å². The van der Waals surface area contributed by atoms with Crippen molar-refractivity contribution in [2.24, 2.45) is 0 Å². The molecule has 3 aromatic carbocycles. The van der Waals surface area contributed by atoms with Crippen LogP contribution in [0.5, 0.6) is 5.75 Å². The third-order valence-corrected chi connectivity index (χ3v) is 6.60. The summed E-state index contributed by atoms with van der Waals surface area (Å²) < 4.78 is 5.53. The fourth-order valence-electron chi connectivity index (χ4n) is 3.57. The number of carbonyl (C=O) groups excluding carboxylic acids is 2. The minimum atomic E-state index is -0.513. The van der Waals surface area contributed by atoms with Crippen LogP contribution in [0.2, 0.25) is 5.02 Å². The Morgan fingerprint density at radius 1 is 1.09 bits per heavy atom. The molecule has 1 heterocycles. The van der Waals surface area contributed by atoms with Crippen molar-refractivity contribution in [1.82, 2.24) is 5.32 Å². The SMILES string of the molecule is CCOc1ccc(C(NC(=O)CC2Sc3ccc(Cl)cc3NC2=O)c2ccccc2)cc1. The summed E-state index contributed by atoms with van der Waals surface area (Å²) in [6.45, 7) is 2.53. The number of halogens is 1. The maximum atomic E-state index is 13.0. The van der Waals surface area contributed by atoms with E-state index in [9.17, 15) is 9.59 Å². The highest BCUT2D eigenvalue weighted by Gasteiger charge is 2.30. The third kappa shape index (κ3) is 5.26. The van der Waals surface area contributed by atoms with Gasteiger partial charge in [0.25, 0.3) is 0 Å². The molecule has 32 heavy (non-hydrogen) atoms. The molecule has 0 saturated carbocycles. The van der Waals surface area contributed by atoms with Gasteiger partial charge in [0.05, 0.1) is 23.6 Å². The molecular weight excluding hydrogens is 444 g/mol. The van der Waals surface area contributed by atoms with Gasteiger partial charge in [-0.05, 0) is 48.4 Å². The van der Waals surface area contributed by atoms with Crippen LogP contribution >= 0.6 is 23.4 Å². The second-order valence-corrected chi connectivity index (χ2v) is 9.03. The molecule has 1 aliphatic rings. The summed E-state index contributed by atoms with van der Waals surface area (Å²) in [6, 6.07) is 22.5. The van der Waals surface area contributed by atoms with Crippen LogP contribution in [-0.2, 0) is 9.59 Å². The van der Waals surface area contributed by atoms with Gasteiger partial charge in [-0.1, -0.05) is 54.1 Å². The Kier molecular flexibility index (Phi) is 7.02. The number of fused-ring (bicyclic) bond motifs is 1. The predicted octanol–water partition coefficient (Wildman–Crippen LogP) is 5.45. The smallest absolute Gasteiger partial charge is 0.238 e. The summed E-state index contributed by atoms with van der Waals surface area (Å²) in [4.78, 5) is 26.5. The zero-order valence-electron chi connectivity index (χ0n) is 17.5. The number of hydrogen-bond acceptors (Lipinski definition) is 4. The lowest BCUT2D eigenvalue weighted by molar-refractivity contribution is -0.124. The van der Waals surface area contributed by atoms with Gasteiger partial charge in [-0.15, -0.1) is 11.8 Å². The Balaban J connectivity index is 1.50. The van der Waals surface area contributed by atoms with Crippen molar-refractivity contribution in [2.45, 2.75) is 29.5 Å². The average Bonchev–Trinajstić information content (AvgIpc) is 2.80. The summed E-state index contributed by atoms with van der Waals surface area (Å²) in [5, 5.41) is 6.00. The fraction of sp³-hybridized carbons (Fsp3) is 0.200. The molecule has 7 heteroatoms. The van der Waals surface area contributed by atoms with Crippen LogP contribution in [0.1, 0.15) is 30.5 Å². The Morgan fingerprint density at radius 3 is 2.53 bits per heavy atom. The van der Waals surface area contributed by atoms with Gasteiger partial charge < -0.3 is 15.4 Å². The van der Waals surface area contributed by atoms with Gasteiger partial charge in [0.2, 0.25) is 11.8 Å². The van der Waals surface area contributed by atoms with Crippen molar-refractivity contribution in [3.63, 3.8) is 0 Å². The molecule has 5 nitrogen and oxygen atoms in total. The molecule has 0 saturated heterocycles. The van der Waals surface area contributed by atoms with Crippen LogP contribution < -0.4 is 15.4 Å². The summed E-state index contributed by atoms with van der Waals surface area (Å²) in [5.41, 5.74) is 2.58. The van der Waals surface area contributed by atoms with Gasteiger partial charge in [0, 0.05) is 16.3 Å². The van der Waals surface area contributed by atoms with Gasteiger partial charge in [-0.25, -0.2) is 0 Å². The average molecular weight is 467 g/mol. The van der Waals surface area contributed by atoms with E-state index in [1.807, 2.05) is 67.6 Å². The highest BCUT2D eigenvalue weighted by molar-refractivity contribution is 8.01. The summed E-state index contributed by atoms with van der Waals surface area (Å²) in [5.74, 6) is 0.387. The van der Waals surface area contributed by atoms with E-state index < -0.39 is 5.25 Å². The monoisotopic (exact) mass is 466 g/mol. The van der Waals surface area contributed by atoms with E-state index in [4.69, 9.17) is 16.3 Å². The summed E-state index contributed by atoms with van der Waals surface area (Å²) in [6.07, 6.45) is 0.0684. The Morgan fingerprint density at radius 2 is 1.81 bits per heavy atom. The lowest BCUT2D eigenvalue weighted by Gasteiger charge is -2.25. The van der Waals surface area contributed by atoms with Gasteiger partial charge in [0.15, 0.2) is 0 Å². The Hall–Kier alpha value is -2.96. The zero-order chi connectivity index (χ0) is 22.5. The number of anilines is 1. The highest BCUT2D eigenvalue weighted by Crippen LogP contribution is 2.38. The van der Waals surface area contributed by atoms with E-state index in [0.717, 1.165) is 21.8 Å². The molecule has 2 atom stereocenters. The fourth-order valence-corrected chi connectivity index (χ4v) is 4.84. The Bertz CT molecular complexity index is 1110. The normalized spacial score (nSPS) is 15.9. The van der Waals surface area contributed by atoms with Gasteiger partial charge >= 0.3 is 0 Å². The number of amides is 2. The molecule has 4 rings (SSSR count). The minimum Gasteiger partial charge on any atom is -0.494 e. The molecule has 164 valence electrons. The number of ether oxygens (including phenoxy) is 1. The molecule has 0 radical (unpaired) electrons. The second kappa shape index (κ2) is 10.1. The summed E-state index contributed by atoms with van der Waals surface area (Å²) in [7, 11) is 0. The largest absolute Gasteiger partial charge is 0.494 e. The van der Waals surface area contributed by atoms with Crippen LogP contribution in [-0.4, -0.2) is 23.7 Å². The van der Waals surface area contributed by atoms with Crippen LogP contribution in [0.25, 0.3) is 0 Å². The molecule has 1 aliphatic heterocycles. The van der Waals surface area contributed by atoms with Crippen molar-refractivity contribution in [3.8, 4) is 5.75 Å². The van der Waals surface area contributed by atoms with Crippen molar-refractivity contribution < 1.29 is 14.3 Å². The number of benzene rings is 3. The van der Waals surface area contributed by atoms with Crippen molar-refractivity contribution in [1.29, 1.82) is 0 Å². The molecule has 2 unspecified atom stereocenters.